The first kappa shape index (κ1) is 39.7. The van der Waals surface area contributed by atoms with Crippen molar-refractivity contribution in [2.75, 3.05) is 0 Å². The van der Waals surface area contributed by atoms with Gasteiger partial charge in [0.1, 0.15) is 16.9 Å². The molecule has 0 unspecified atom stereocenters. The van der Waals surface area contributed by atoms with Gasteiger partial charge in [-0.25, -0.2) is 15.0 Å². The molecular weight excluding hydrogens is 853 g/mol. The van der Waals surface area contributed by atoms with Gasteiger partial charge in [-0.1, -0.05) is 109 Å². The van der Waals surface area contributed by atoms with E-state index in [9.17, 15) is 14.4 Å². The Morgan fingerprint density at radius 3 is 0.797 bits per heavy atom. The molecule has 9 heteroatoms. The van der Waals surface area contributed by atoms with Crippen LogP contribution in [0.2, 0.25) is 0 Å². The summed E-state index contributed by atoms with van der Waals surface area (Å²) in [4.78, 5) is 55.4. The molecule has 9 nitrogen and oxygen atoms in total. The standard InChI is InChI=1S/C60H36N6O3/c67-58-49-19-7-10-22-52(49)61-55-34-37(25-28-64(55)58)43-13-1-4-16-46(43)40-31-41(47-17-5-2-14-44(47)38-26-29-65-56(35-38)62-53-23-11-8-20-50(53)59(65)68)33-42(32-40)48-18-6-3-15-45(48)39-27-30-66-57(36-39)63-54-24-12-9-21-51(54)60(66)69/h1-36H. The predicted molar refractivity (Wildman–Crippen MR) is 277 cm³/mol. The van der Waals surface area contributed by atoms with Crippen molar-refractivity contribution in [1.82, 2.24) is 28.2 Å². The van der Waals surface area contributed by atoms with E-state index in [1.165, 1.54) is 0 Å². The lowest BCUT2D eigenvalue weighted by Crippen LogP contribution is -2.14. The van der Waals surface area contributed by atoms with Crippen molar-refractivity contribution < 1.29 is 0 Å². The molecule has 0 amide bonds. The first-order valence-electron chi connectivity index (χ1n) is 22.6. The normalized spacial score (nSPS) is 11.7. The van der Waals surface area contributed by atoms with Crippen LogP contribution in [0.25, 0.3) is 116 Å². The van der Waals surface area contributed by atoms with Crippen LogP contribution in [0.15, 0.2) is 233 Å². The van der Waals surface area contributed by atoms with Crippen LogP contribution in [0.3, 0.4) is 0 Å². The Kier molecular flexibility index (Phi) is 9.09. The van der Waals surface area contributed by atoms with E-state index in [0.717, 1.165) is 66.8 Å². The molecule has 69 heavy (non-hydrogen) atoms. The third kappa shape index (κ3) is 6.63. The second-order valence-electron chi connectivity index (χ2n) is 17.2. The Hall–Kier alpha value is -9.60. The molecule has 0 N–H and O–H groups in total. The van der Waals surface area contributed by atoms with Gasteiger partial charge in [-0.15, -0.1) is 0 Å². The van der Waals surface area contributed by atoms with E-state index in [-0.39, 0.29) is 16.7 Å². The van der Waals surface area contributed by atoms with Crippen LogP contribution < -0.4 is 16.7 Å². The highest BCUT2D eigenvalue weighted by Gasteiger charge is 2.18. The Labute approximate surface area is 392 Å². The summed E-state index contributed by atoms with van der Waals surface area (Å²) in [6, 6.07) is 65.8. The summed E-state index contributed by atoms with van der Waals surface area (Å²) in [5, 5.41) is 1.70. The highest BCUT2D eigenvalue weighted by molar-refractivity contribution is 5.95. The summed E-state index contributed by atoms with van der Waals surface area (Å²) >= 11 is 0. The van der Waals surface area contributed by atoms with Crippen molar-refractivity contribution in [3.8, 4) is 66.8 Å². The van der Waals surface area contributed by atoms with Gasteiger partial charge in [0.15, 0.2) is 0 Å². The highest BCUT2D eigenvalue weighted by Crippen LogP contribution is 2.42. The first-order chi connectivity index (χ1) is 33.9. The molecule has 6 heterocycles. The average Bonchev–Trinajstić information content (AvgIpc) is 3.40. The number of hydrogen-bond donors (Lipinski definition) is 0. The number of hydrogen-bond acceptors (Lipinski definition) is 6. The van der Waals surface area contributed by atoms with E-state index < -0.39 is 0 Å². The molecule has 7 aromatic carbocycles. The molecule has 0 saturated carbocycles. The number of rotatable bonds is 6. The molecule has 13 rings (SSSR count). The number of pyridine rings is 3. The monoisotopic (exact) mass is 888 g/mol. The maximum atomic E-state index is 13.6. The lowest BCUT2D eigenvalue weighted by Gasteiger charge is -2.18. The number of nitrogens with zero attached hydrogens (tertiary/aromatic N) is 6. The van der Waals surface area contributed by atoms with Crippen LogP contribution in [-0.4, -0.2) is 28.2 Å². The zero-order valence-electron chi connectivity index (χ0n) is 36.7. The molecule has 0 saturated heterocycles. The first-order valence-corrected chi connectivity index (χ1v) is 22.6. The lowest BCUT2D eigenvalue weighted by molar-refractivity contribution is 1.08. The second-order valence-corrected chi connectivity index (χ2v) is 17.2. The van der Waals surface area contributed by atoms with Crippen LogP contribution >= 0.6 is 0 Å². The van der Waals surface area contributed by atoms with Gasteiger partial charge in [-0.3, -0.25) is 27.6 Å². The van der Waals surface area contributed by atoms with Crippen molar-refractivity contribution in [2.24, 2.45) is 0 Å². The van der Waals surface area contributed by atoms with Crippen LogP contribution in [-0.2, 0) is 0 Å². The van der Waals surface area contributed by atoms with E-state index in [2.05, 4.69) is 54.6 Å². The molecule has 0 aliphatic heterocycles. The maximum Gasteiger partial charge on any atom is 0.265 e. The molecule has 0 fully saturated rings. The minimum absolute atomic E-state index is 0.115. The quantitative estimate of drug-likeness (QED) is 0.154. The number of para-hydroxylation sites is 3. The summed E-state index contributed by atoms with van der Waals surface area (Å²) in [7, 11) is 0. The third-order valence-corrected chi connectivity index (χ3v) is 13.1. The van der Waals surface area contributed by atoms with Gasteiger partial charge >= 0.3 is 0 Å². The van der Waals surface area contributed by atoms with Gasteiger partial charge in [0.2, 0.25) is 0 Å². The fourth-order valence-corrected chi connectivity index (χ4v) is 9.81. The van der Waals surface area contributed by atoms with Gasteiger partial charge in [0.25, 0.3) is 16.7 Å². The SMILES string of the molecule is O=c1c2ccccc2nc2cc(-c3ccccc3-c3cc(-c4ccccc4-c4ccn5c(=O)c6ccccc6nc5c4)cc(-c4ccccc4-c4ccn5c(=O)c6ccccc6nc5c4)c3)ccn12. The fraction of sp³-hybridized carbons (Fsp3) is 0. The van der Waals surface area contributed by atoms with Crippen molar-refractivity contribution in [1.29, 1.82) is 0 Å². The molecule has 0 radical (unpaired) electrons. The number of benzene rings is 7. The van der Waals surface area contributed by atoms with Gasteiger partial charge in [-0.2, -0.15) is 0 Å². The summed E-state index contributed by atoms with van der Waals surface area (Å²) in [6.07, 6.45) is 5.42. The summed E-state index contributed by atoms with van der Waals surface area (Å²) in [6.45, 7) is 0. The van der Waals surface area contributed by atoms with E-state index in [1.807, 2.05) is 146 Å². The Morgan fingerprint density at radius 1 is 0.261 bits per heavy atom. The molecule has 6 aromatic heterocycles. The lowest BCUT2D eigenvalue weighted by atomic mass is 9.86. The molecular formula is C60H36N6O3. The third-order valence-electron chi connectivity index (χ3n) is 13.1. The minimum Gasteiger partial charge on any atom is -0.268 e. The summed E-state index contributed by atoms with van der Waals surface area (Å²) in [5.74, 6) is 0. The molecule has 324 valence electrons. The van der Waals surface area contributed by atoms with E-state index in [4.69, 9.17) is 15.0 Å². The van der Waals surface area contributed by atoms with Gasteiger partial charge in [-0.05, 0) is 158 Å². The van der Waals surface area contributed by atoms with Gasteiger partial charge in [0, 0.05) is 18.6 Å². The largest absolute Gasteiger partial charge is 0.268 e. The van der Waals surface area contributed by atoms with Gasteiger partial charge < -0.3 is 0 Å². The maximum absolute atomic E-state index is 13.6. The van der Waals surface area contributed by atoms with Crippen LogP contribution in [0.4, 0.5) is 0 Å². The number of fused-ring (bicyclic) bond motifs is 6. The predicted octanol–water partition coefficient (Wildman–Crippen LogP) is 12.2. The van der Waals surface area contributed by atoms with E-state index in [1.54, 1.807) is 31.4 Å². The van der Waals surface area contributed by atoms with Crippen molar-refractivity contribution in [2.45, 2.75) is 0 Å². The zero-order chi connectivity index (χ0) is 46.2. The van der Waals surface area contributed by atoms with Crippen molar-refractivity contribution in [3.05, 3.63) is 250 Å². The van der Waals surface area contributed by atoms with Crippen molar-refractivity contribution >= 4 is 49.7 Å². The average molecular weight is 889 g/mol. The highest BCUT2D eigenvalue weighted by atomic mass is 16.1. The van der Waals surface area contributed by atoms with Crippen LogP contribution in [0.5, 0.6) is 0 Å². The Bertz CT molecular complexity index is 4010. The fourth-order valence-electron chi connectivity index (χ4n) is 9.81. The molecule has 13 aromatic rings. The molecule has 0 aliphatic carbocycles. The number of aromatic nitrogens is 6. The Balaban J connectivity index is 1.02. The van der Waals surface area contributed by atoms with Crippen LogP contribution in [0.1, 0.15) is 0 Å². The zero-order valence-corrected chi connectivity index (χ0v) is 36.7. The van der Waals surface area contributed by atoms with Crippen molar-refractivity contribution in [3.63, 3.8) is 0 Å². The second kappa shape index (κ2) is 15.8. The van der Waals surface area contributed by atoms with Crippen LogP contribution in [0, 0.1) is 0 Å². The van der Waals surface area contributed by atoms with Gasteiger partial charge in [0.05, 0.1) is 32.7 Å². The molecule has 0 bridgehead atoms. The molecule has 0 atom stereocenters. The summed E-state index contributed by atoms with van der Waals surface area (Å²) < 4.78 is 4.80. The minimum atomic E-state index is -0.115. The molecule has 0 aliphatic rings. The molecule has 0 spiro atoms. The summed E-state index contributed by atoms with van der Waals surface area (Å²) in [5.41, 5.74) is 14.8. The Morgan fingerprint density at radius 2 is 0.507 bits per heavy atom. The smallest absolute Gasteiger partial charge is 0.265 e. The topological polar surface area (TPSA) is 103 Å². The van der Waals surface area contributed by atoms with E-state index >= 15 is 0 Å². The van der Waals surface area contributed by atoms with E-state index in [0.29, 0.717) is 49.7 Å².